The van der Waals surface area contributed by atoms with E-state index in [2.05, 4.69) is 45.3 Å². The third-order valence-corrected chi connectivity index (χ3v) is 4.63. The lowest BCUT2D eigenvalue weighted by atomic mass is 10.1. The predicted octanol–water partition coefficient (Wildman–Crippen LogP) is 2.77. The van der Waals surface area contributed by atoms with Crippen LogP contribution in [0.4, 0.5) is 0 Å². The summed E-state index contributed by atoms with van der Waals surface area (Å²) in [4.78, 5) is 11.1. The van der Waals surface area contributed by atoms with E-state index >= 15 is 0 Å². The monoisotopic (exact) mass is 372 g/mol. The molecule has 2 aromatic rings. The number of rotatable bonds is 6. The van der Waals surface area contributed by atoms with Crippen molar-refractivity contribution in [2.75, 3.05) is 21.2 Å². The van der Waals surface area contributed by atoms with E-state index in [1.54, 1.807) is 14.2 Å². The van der Waals surface area contributed by atoms with Crippen LogP contribution in [0.5, 0.6) is 5.75 Å². The van der Waals surface area contributed by atoms with Gasteiger partial charge in [0.05, 0.1) is 25.0 Å². The average Bonchev–Trinajstić information content (AvgIpc) is 2.98. The molecule has 0 bridgehead atoms. The standard InChI is InChI=1S/C20H32N6O/c1-13(2)18-16(12-26(7)24-18)11-25(6)20(21-5)23-10-17-15(4)19(27-8)14(3)9-22-17/h9,12-13H,10-11H2,1-8H3,(H,21,23). The van der Waals surface area contributed by atoms with Crippen LogP contribution in [0.3, 0.4) is 0 Å². The van der Waals surface area contributed by atoms with Gasteiger partial charge in [0.2, 0.25) is 0 Å². The predicted molar refractivity (Wildman–Crippen MR) is 109 cm³/mol. The molecule has 2 rings (SSSR count). The maximum Gasteiger partial charge on any atom is 0.194 e. The molecule has 0 aliphatic heterocycles. The van der Waals surface area contributed by atoms with E-state index < -0.39 is 0 Å². The summed E-state index contributed by atoms with van der Waals surface area (Å²) < 4.78 is 7.37. The molecule has 0 aliphatic rings. The second kappa shape index (κ2) is 8.88. The Bertz CT molecular complexity index is 809. The topological polar surface area (TPSA) is 67.6 Å². The molecule has 2 heterocycles. The molecule has 27 heavy (non-hydrogen) atoms. The van der Waals surface area contributed by atoms with Gasteiger partial charge in [0.25, 0.3) is 0 Å². The van der Waals surface area contributed by atoms with E-state index in [0.717, 1.165) is 40.8 Å². The Labute approximate surface area is 162 Å². The molecule has 0 amide bonds. The van der Waals surface area contributed by atoms with Crippen LogP contribution in [-0.4, -0.2) is 46.8 Å². The summed E-state index contributed by atoms with van der Waals surface area (Å²) in [5, 5.41) is 7.99. The van der Waals surface area contributed by atoms with Gasteiger partial charge in [0.15, 0.2) is 5.96 Å². The van der Waals surface area contributed by atoms with Gasteiger partial charge in [-0.3, -0.25) is 14.7 Å². The van der Waals surface area contributed by atoms with Crippen LogP contribution in [0.1, 0.15) is 47.8 Å². The van der Waals surface area contributed by atoms with Crippen molar-refractivity contribution < 1.29 is 4.74 Å². The molecule has 0 unspecified atom stereocenters. The number of pyridine rings is 1. The second-order valence-corrected chi connectivity index (χ2v) is 7.17. The minimum atomic E-state index is 0.386. The number of aromatic nitrogens is 3. The average molecular weight is 373 g/mol. The fourth-order valence-electron chi connectivity index (χ4n) is 3.29. The third kappa shape index (κ3) is 4.78. The normalized spacial score (nSPS) is 11.8. The van der Waals surface area contributed by atoms with Gasteiger partial charge in [-0.15, -0.1) is 0 Å². The number of aliphatic imine (C=N–C) groups is 1. The molecule has 1 N–H and O–H groups in total. The lowest BCUT2D eigenvalue weighted by molar-refractivity contribution is 0.406. The molecule has 148 valence electrons. The van der Waals surface area contributed by atoms with Gasteiger partial charge < -0.3 is 15.0 Å². The molecule has 0 aliphatic carbocycles. The van der Waals surface area contributed by atoms with Crippen molar-refractivity contribution in [2.24, 2.45) is 12.0 Å². The number of nitrogens with zero attached hydrogens (tertiary/aromatic N) is 5. The highest BCUT2D eigenvalue weighted by atomic mass is 16.5. The quantitative estimate of drug-likeness (QED) is 0.624. The highest BCUT2D eigenvalue weighted by Crippen LogP contribution is 2.24. The Morgan fingerprint density at radius 2 is 2.07 bits per heavy atom. The number of methoxy groups -OCH3 is 1. The van der Waals surface area contributed by atoms with Crippen LogP contribution in [0.15, 0.2) is 17.4 Å². The zero-order valence-corrected chi connectivity index (χ0v) is 17.8. The van der Waals surface area contributed by atoms with Crippen molar-refractivity contribution in [3.8, 4) is 5.75 Å². The smallest absolute Gasteiger partial charge is 0.194 e. The van der Waals surface area contributed by atoms with E-state index in [4.69, 9.17) is 4.74 Å². The lowest BCUT2D eigenvalue weighted by Crippen LogP contribution is -2.38. The lowest BCUT2D eigenvalue weighted by Gasteiger charge is -2.23. The zero-order chi connectivity index (χ0) is 20.1. The molecule has 0 saturated carbocycles. The fourth-order valence-corrected chi connectivity index (χ4v) is 3.29. The summed E-state index contributed by atoms with van der Waals surface area (Å²) in [5.41, 5.74) is 5.39. The van der Waals surface area contributed by atoms with Crippen LogP contribution in [0.25, 0.3) is 0 Å². The minimum absolute atomic E-state index is 0.386. The molecule has 0 fully saturated rings. The number of hydrogen-bond donors (Lipinski definition) is 1. The summed E-state index contributed by atoms with van der Waals surface area (Å²) in [6.45, 7) is 9.69. The summed E-state index contributed by atoms with van der Waals surface area (Å²) in [7, 11) is 7.48. The van der Waals surface area contributed by atoms with E-state index in [9.17, 15) is 0 Å². The van der Waals surface area contributed by atoms with Crippen LogP contribution >= 0.6 is 0 Å². The van der Waals surface area contributed by atoms with E-state index in [1.165, 1.54) is 5.56 Å². The molecule has 0 aromatic carbocycles. The number of aryl methyl sites for hydroxylation is 2. The van der Waals surface area contributed by atoms with Crippen molar-refractivity contribution >= 4 is 5.96 Å². The first-order valence-corrected chi connectivity index (χ1v) is 9.21. The van der Waals surface area contributed by atoms with E-state index in [0.29, 0.717) is 12.5 Å². The molecule has 0 saturated heterocycles. The Balaban J connectivity index is 2.10. The maximum absolute atomic E-state index is 5.50. The number of guanidine groups is 1. The molecular formula is C20H32N6O. The molecule has 0 radical (unpaired) electrons. The largest absolute Gasteiger partial charge is 0.496 e. The van der Waals surface area contributed by atoms with Crippen LogP contribution in [0, 0.1) is 13.8 Å². The van der Waals surface area contributed by atoms with Gasteiger partial charge >= 0.3 is 0 Å². The van der Waals surface area contributed by atoms with Crippen molar-refractivity contribution in [2.45, 2.75) is 46.7 Å². The van der Waals surface area contributed by atoms with Crippen molar-refractivity contribution in [1.29, 1.82) is 0 Å². The number of ether oxygens (including phenoxy) is 1. The SMILES string of the molecule is CN=C(NCc1ncc(C)c(OC)c1C)N(C)Cc1cn(C)nc1C(C)C. The first kappa shape index (κ1) is 20.7. The summed E-state index contributed by atoms with van der Waals surface area (Å²) >= 11 is 0. The summed E-state index contributed by atoms with van der Waals surface area (Å²) in [5.74, 6) is 2.09. The van der Waals surface area contributed by atoms with Crippen molar-refractivity contribution in [3.63, 3.8) is 0 Å². The van der Waals surface area contributed by atoms with E-state index in [-0.39, 0.29) is 0 Å². The van der Waals surface area contributed by atoms with Gasteiger partial charge in [-0.25, -0.2) is 0 Å². The van der Waals surface area contributed by atoms with Gasteiger partial charge in [0.1, 0.15) is 5.75 Å². The minimum Gasteiger partial charge on any atom is -0.496 e. The molecule has 0 spiro atoms. The summed E-state index contributed by atoms with van der Waals surface area (Å²) in [6.07, 6.45) is 3.93. The van der Waals surface area contributed by atoms with Crippen LogP contribution < -0.4 is 10.1 Å². The maximum atomic E-state index is 5.50. The summed E-state index contributed by atoms with van der Waals surface area (Å²) in [6, 6.07) is 0. The Kier molecular flexibility index (Phi) is 6.82. The van der Waals surface area contributed by atoms with Crippen LogP contribution in [-0.2, 0) is 20.1 Å². The van der Waals surface area contributed by atoms with Crippen molar-refractivity contribution in [3.05, 3.63) is 40.5 Å². The van der Waals surface area contributed by atoms with E-state index in [1.807, 2.05) is 38.8 Å². The Morgan fingerprint density at radius 3 is 2.67 bits per heavy atom. The molecule has 2 aromatic heterocycles. The van der Waals surface area contributed by atoms with Crippen LogP contribution in [0.2, 0.25) is 0 Å². The zero-order valence-electron chi connectivity index (χ0n) is 17.8. The molecule has 7 nitrogen and oxygen atoms in total. The molecule has 7 heteroatoms. The highest BCUT2D eigenvalue weighted by molar-refractivity contribution is 5.79. The Hall–Kier alpha value is -2.57. The Morgan fingerprint density at radius 1 is 1.37 bits per heavy atom. The molecule has 0 atom stereocenters. The van der Waals surface area contributed by atoms with Gasteiger partial charge in [0, 0.05) is 56.8 Å². The van der Waals surface area contributed by atoms with Gasteiger partial charge in [-0.2, -0.15) is 5.10 Å². The number of hydrogen-bond acceptors (Lipinski definition) is 4. The fraction of sp³-hybridized carbons (Fsp3) is 0.550. The first-order chi connectivity index (χ1) is 12.8. The van der Waals surface area contributed by atoms with Gasteiger partial charge in [-0.05, 0) is 19.8 Å². The third-order valence-electron chi connectivity index (χ3n) is 4.63. The first-order valence-electron chi connectivity index (χ1n) is 9.21. The molecular weight excluding hydrogens is 340 g/mol. The highest BCUT2D eigenvalue weighted by Gasteiger charge is 2.16. The van der Waals surface area contributed by atoms with Gasteiger partial charge in [-0.1, -0.05) is 13.8 Å². The number of nitrogens with one attached hydrogen (secondary N) is 1. The second-order valence-electron chi connectivity index (χ2n) is 7.17. The van der Waals surface area contributed by atoms with Crippen molar-refractivity contribution in [1.82, 2.24) is 25.0 Å².